The molecule has 0 saturated carbocycles. The summed E-state index contributed by atoms with van der Waals surface area (Å²) in [7, 11) is 0. The molecule has 3 heterocycles. The molecule has 0 saturated heterocycles. The van der Waals surface area contributed by atoms with E-state index < -0.39 is 11.7 Å². The van der Waals surface area contributed by atoms with Crippen LogP contribution in [-0.2, 0) is 0 Å². The Kier molecular flexibility index (Phi) is 3.03. The number of nitrogens with zero attached hydrogens (tertiary/aromatic N) is 4. The molecule has 0 aliphatic heterocycles. The lowest BCUT2D eigenvalue weighted by atomic mass is 10.3. The van der Waals surface area contributed by atoms with Crippen LogP contribution in [0, 0.1) is 5.82 Å². The van der Waals surface area contributed by atoms with Crippen molar-refractivity contribution in [2.45, 2.75) is 0 Å². The molecule has 3 rings (SSSR count). The van der Waals surface area contributed by atoms with Gasteiger partial charge in [0.2, 0.25) is 5.95 Å². The number of hydrogen-bond donors (Lipinski definition) is 1. The van der Waals surface area contributed by atoms with Crippen molar-refractivity contribution in [2.75, 3.05) is 5.32 Å². The van der Waals surface area contributed by atoms with Crippen LogP contribution in [0.2, 0.25) is 5.02 Å². The molecule has 0 fully saturated rings. The number of anilines is 1. The van der Waals surface area contributed by atoms with Gasteiger partial charge in [0.25, 0.3) is 5.91 Å². The molecule has 6 nitrogen and oxygen atoms in total. The third kappa shape index (κ3) is 2.43. The van der Waals surface area contributed by atoms with Gasteiger partial charge in [0, 0.05) is 6.20 Å². The van der Waals surface area contributed by atoms with Gasteiger partial charge < -0.3 is 0 Å². The topological polar surface area (TPSA) is 72.2 Å². The number of aromatic nitrogens is 4. The fraction of sp³-hybridized carbons (Fsp3) is 0. The van der Waals surface area contributed by atoms with Gasteiger partial charge in [-0.3, -0.25) is 10.1 Å². The van der Waals surface area contributed by atoms with Crippen molar-refractivity contribution in [3.63, 3.8) is 0 Å². The lowest BCUT2D eigenvalue weighted by Gasteiger charge is -1.99. The molecule has 0 aliphatic carbocycles. The maximum atomic E-state index is 13.0. The number of rotatable bonds is 2. The first-order valence-corrected chi connectivity index (χ1v) is 5.94. The van der Waals surface area contributed by atoms with E-state index in [1.54, 1.807) is 6.07 Å². The van der Waals surface area contributed by atoms with E-state index in [0.29, 0.717) is 10.7 Å². The monoisotopic (exact) mass is 291 g/mol. The minimum absolute atomic E-state index is 0.0670. The SMILES string of the molecule is O=C(Nc1nc2ccc(F)cn2n1)c1ccc(Cl)cn1. The molecule has 0 unspecified atom stereocenters. The Morgan fingerprint density at radius 2 is 2.15 bits per heavy atom. The van der Waals surface area contributed by atoms with Crippen LogP contribution in [0.25, 0.3) is 5.65 Å². The van der Waals surface area contributed by atoms with Crippen molar-refractivity contribution in [2.24, 2.45) is 0 Å². The van der Waals surface area contributed by atoms with Gasteiger partial charge in [-0.1, -0.05) is 11.6 Å². The molecule has 0 aromatic carbocycles. The Bertz CT molecular complexity index is 786. The van der Waals surface area contributed by atoms with Gasteiger partial charge in [0.15, 0.2) is 5.65 Å². The second kappa shape index (κ2) is 4.86. The van der Waals surface area contributed by atoms with Gasteiger partial charge in [0.1, 0.15) is 11.5 Å². The molecule has 1 N–H and O–H groups in total. The number of nitrogens with one attached hydrogen (secondary N) is 1. The molecule has 0 aliphatic rings. The van der Waals surface area contributed by atoms with Crippen molar-refractivity contribution < 1.29 is 9.18 Å². The molecular weight excluding hydrogens is 285 g/mol. The van der Waals surface area contributed by atoms with E-state index in [9.17, 15) is 9.18 Å². The first-order valence-electron chi connectivity index (χ1n) is 5.57. The van der Waals surface area contributed by atoms with Crippen LogP contribution in [0.1, 0.15) is 10.5 Å². The lowest BCUT2D eigenvalue weighted by molar-refractivity contribution is 0.102. The number of carbonyl (C=O) groups is 1. The summed E-state index contributed by atoms with van der Waals surface area (Å²) in [5, 5.41) is 6.85. The smallest absolute Gasteiger partial charge is 0.276 e. The summed E-state index contributed by atoms with van der Waals surface area (Å²) in [6.07, 6.45) is 2.53. The van der Waals surface area contributed by atoms with Gasteiger partial charge in [-0.15, -0.1) is 5.10 Å². The Morgan fingerprint density at radius 1 is 1.30 bits per heavy atom. The normalized spacial score (nSPS) is 10.7. The summed E-state index contributed by atoms with van der Waals surface area (Å²) in [6, 6.07) is 5.75. The summed E-state index contributed by atoms with van der Waals surface area (Å²) in [5.74, 6) is -0.852. The Hall–Kier alpha value is -2.54. The quantitative estimate of drug-likeness (QED) is 0.785. The average Bonchev–Trinajstić information content (AvgIpc) is 2.80. The number of halogens is 2. The zero-order chi connectivity index (χ0) is 14.1. The molecule has 1 amide bonds. The van der Waals surface area contributed by atoms with E-state index in [0.717, 1.165) is 0 Å². The van der Waals surface area contributed by atoms with Gasteiger partial charge in [-0.2, -0.15) is 4.98 Å². The second-order valence-electron chi connectivity index (χ2n) is 3.90. The highest BCUT2D eigenvalue weighted by molar-refractivity contribution is 6.30. The highest BCUT2D eigenvalue weighted by Crippen LogP contribution is 2.10. The molecule has 0 spiro atoms. The fourth-order valence-electron chi connectivity index (χ4n) is 1.59. The molecule has 0 bridgehead atoms. The number of hydrogen-bond acceptors (Lipinski definition) is 4. The second-order valence-corrected chi connectivity index (χ2v) is 4.34. The van der Waals surface area contributed by atoms with Gasteiger partial charge in [0.05, 0.1) is 11.2 Å². The van der Waals surface area contributed by atoms with Gasteiger partial charge in [-0.25, -0.2) is 13.9 Å². The molecule has 0 radical (unpaired) electrons. The maximum absolute atomic E-state index is 13.0. The van der Waals surface area contributed by atoms with Gasteiger partial charge >= 0.3 is 0 Å². The Morgan fingerprint density at radius 3 is 2.90 bits per heavy atom. The molecule has 8 heteroatoms. The molecular formula is C12H7ClFN5O. The maximum Gasteiger partial charge on any atom is 0.276 e. The zero-order valence-electron chi connectivity index (χ0n) is 9.92. The predicted octanol–water partition coefficient (Wildman–Crippen LogP) is 2.17. The van der Waals surface area contributed by atoms with E-state index in [4.69, 9.17) is 11.6 Å². The molecule has 100 valence electrons. The van der Waals surface area contributed by atoms with Crippen molar-refractivity contribution in [1.29, 1.82) is 0 Å². The molecule has 3 aromatic heterocycles. The van der Waals surface area contributed by atoms with Crippen LogP contribution < -0.4 is 5.32 Å². The number of carbonyl (C=O) groups excluding carboxylic acids is 1. The first kappa shape index (κ1) is 12.5. The van der Waals surface area contributed by atoms with E-state index in [1.165, 1.54) is 35.1 Å². The number of amides is 1. The van der Waals surface area contributed by atoms with Crippen LogP contribution in [0.5, 0.6) is 0 Å². The highest BCUT2D eigenvalue weighted by atomic mass is 35.5. The van der Waals surface area contributed by atoms with E-state index >= 15 is 0 Å². The minimum Gasteiger partial charge on any atom is -0.288 e. The summed E-state index contributed by atoms with van der Waals surface area (Å²) in [4.78, 5) is 19.8. The number of fused-ring (bicyclic) bond motifs is 1. The predicted molar refractivity (Wildman–Crippen MR) is 70.1 cm³/mol. The van der Waals surface area contributed by atoms with Crippen molar-refractivity contribution in [3.05, 3.63) is 53.2 Å². The van der Waals surface area contributed by atoms with Crippen LogP contribution in [0.3, 0.4) is 0 Å². The molecule has 3 aromatic rings. The summed E-state index contributed by atoms with van der Waals surface area (Å²) >= 11 is 5.69. The van der Waals surface area contributed by atoms with Gasteiger partial charge in [-0.05, 0) is 24.3 Å². The zero-order valence-corrected chi connectivity index (χ0v) is 10.7. The third-order valence-corrected chi connectivity index (χ3v) is 2.70. The van der Waals surface area contributed by atoms with Crippen LogP contribution in [0.4, 0.5) is 10.3 Å². The van der Waals surface area contributed by atoms with Crippen LogP contribution in [0.15, 0.2) is 36.7 Å². The van der Waals surface area contributed by atoms with Crippen LogP contribution >= 0.6 is 11.6 Å². The Balaban J connectivity index is 1.85. The average molecular weight is 292 g/mol. The lowest BCUT2D eigenvalue weighted by Crippen LogP contribution is -2.14. The largest absolute Gasteiger partial charge is 0.288 e. The third-order valence-electron chi connectivity index (χ3n) is 2.48. The highest BCUT2D eigenvalue weighted by Gasteiger charge is 2.11. The molecule has 0 atom stereocenters. The van der Waals surface area contributed by atoms with Crippen molar-refractivity contribution in [1.82, 2.24) is 19.6 Å². The minimum atomic E-state index is -0.474. The van der Waals surface area contributed by atoms with Crippen LogP contribution in [-0.4, -0.2) is 25.5 Å². The summed E-state index contributed by atoms with van der Waals surface area (Å²) < 4.78 is 14.2. The van der Waals surface area contributed by atoms with E-state index in [-0.39, 0.29) is 11.6 Å². The number of pyridine rings is 2. The Labute approximate surface area is 117 Å². The van der Waals surface area contributed by atoms with E-state index in [1.807, 2.05) is 0 Å². The first-order chi connectivity index (χ1) is 9.61. The summed E-state index contributed by atoms with van der Waals surface area (Å²) in [6.45, 7) is 0. The van der Waals surface area contributed by atoms with Crippen molar-refractivity contribution in [3.8, 4) is 0 Å². The summed E-state index contributed by atoms with van der Waals surface area (Å²) in [5.41, 5.74) is 0.602. The van der Waals surface area contributed by atoms with E-state index in [2.05, 4.69) is 20.4 Å². The van der Waals surface area contributed by atoms with Crippen molar-refractivity contribution >= 4 is 29.1 Å². The fourth-order valence-corrected chi connectivity index (χ4v) is 1.70. The molecule has 20 heavy (non-hydrogen) atoms. The standard InChI is InChI=1S/C12H7ClFN5O/c13-7-1-3-9(15-5-7)11(20)17-12-16-10-4-2-8(14)6-19(10)18-12/h1-6H,(H,17,18,20).